The highest BCUT2D eigenvalue weighted by Crippen LogP contribution is 2.34. The molecule has 0 bridgehead atoms. The van der Waals surface area contributed by atoms with Crippen molar-refractivity contribution in [3.8, 4) is 0 Å². The summed E-state index contributed by atoms with van der Waals surface area (Å²) in [7, 11) is 0. The minimum Gasteiger partial charge on any atom is -0.367 e. The van der Waals surface area contributed by atoms with Gasteiger partial charge in [0.05, 0.1) is 10.3 Å². The second-order valence-corrected chi connectivity index (χ2v) is 6.05. The van der Waals surface area contributed by atoms with Crippen LogP contribution in [0.2, 0.25) is 0 Å². The highest BCUT2D eigenvalue weighted by Gasteiger charge is 2.21. The molecule has 8 heteroatoms. The van der Waals surface area contributed by atoms with Crippen LogP contribution >= 0.6 is 11.3 Å². The van der Waals surface area contributed by atoms with E-state index in [1.54, 1.807) is 0 Å². The molecule has 0 aromatic carbocycles. The van der Waals surface area contributed by atoms with Crippen molar-refractivity contribution in [2.45, 2.75) is 37.8 Å². The van der Waals surface area contributed by atoms with Gasteiger partial charge in [-0.15, -0.1) is 0 Å². The number of nitrogens with two attached hydrogens (primary N) is 1. The standard InChI is InChI=1S/C12H15N5O2S/c13-7-1-3-8(4-2-7)16-11-9-5-10(17(18)19)20-12(9)15-6-14-11/h5-8H,1-4,13H2,(H,14,15,16). The molecular weight excluding hydrogens is 278 g/mol. The van der Waals surface area contributed by atoms with Crippen molar-refractivity contribution in [1.29, 1.82) is 0 Å². The number of fused-ring (bicyclic) bond motifs is 1. The van der Waals surface area contributed by atoms with E-state index in [-0.39, 0.29) is 5.00 Å². The number of thiophene rings is 1. The smallest absolute Gasteiger partial charge is 0.326 e. The molecule has 1 aliphatic carbocycles. The number of nitrogens with zero attached hydrogens (tertiary/aromatic N) is 3. The summed E-state index contributed by atoms with van der Waals surface area (Å²) in [6.45, 7) is 0. The van der Waals surface area contributed by atoms with Crippen LogP contribution in [0.3, 0.4) is 0 Å². The van der Waals surface area contributed by atoms with Crippen LogP contribution in [0.4, 0.5) is 10.8 Å². The zero-order valence-corrected chi connectivity index (χ0v) is 11.6. The molecule has 2 heterocycles. The first-order valence-corrected chi connectivity index (χ1v) is 7.36. The summed E-state index contributed by atoms with van der Waals surface area (Å²) in [6, 6.07) is 2.16. The van der Waals surface area contributed by atoms with Gasteiger partial charge >= 0.3 is 5.00 Å². The molecule has 0 aliphatic heterocycles. The van der Waals surface area contributed by atoms with Gasteiger partial charge in [0.15, 0.2) is 0 Å². The van der Waals surface area contributed by atoms with Crippen LogP contribution in [0.5, 0.6) is 0 Å². The van der Waals surface area contributed by atoms with E-state index >= 15 is 0 Å². The van der Waals surface area contributed by atoms with E-state index in [4.69, 9.17) is 5.73 Å². The molecule has 0 atom stereocenters. The maximum absolute atomic E-state index is 10.8. The SMILES string of the molecule is NC1CCC(Nc2ncnc3sc([N+](=O)[O-])cc23)CC1. The highest BCUT2D eigenvalue weighted by molar-refractivity contribution is 7.21. The van der Waals surface area contributed by atoms with Gasteiger partial charge in [0.1, 0.15) is 17.0 Å². The number of anilines is 1. The number of rotatable bonds is 3. The first-order chi connectivity index (χ1) is 9.63. The Kier molecular flexibility index (Phi) is 3.49. The van der Waals surface area contributed by atoms with Crippen LogP contribution in [0.15, 0.2) is 12.4 Å². The molecule has 2 aromatic heterocycles. The fourth-order valence-electron chi connectivity index (χ4n) is 2.50. The molecule has 20 heavy (non-hydrogen) atoms. The number of nitro groups is 1. The Bertz CT molecular complexity index is 636. The molecule has 7 nitrogen and oxygen atoms in total. The normalized spacial score (nSPS) is 22.9. The molecule has 2 aromatic rings. The van der Waals surface area contributed by atoms with E-state index < -0.39 is 4.92 Å². The van der Waals surface area contributed by atoms with E-state index in [1.807, 2.05) is 0 Å². The van der Waals surface area contributed by atoms with Crippen LogP contribution in [0, 0.1) is 10.1 Å². The third-order valence-corrected chi connectivity index (χ3v) is 4.60. The van der Waals surface area contributed by atoms with Crippen molar-refractivity contribution in [1.82, 2.24) is 9.97 Å². The second kappa shape index (κ2) is 5.29. The molecule has 0 radical (unpaired) electrons. The number of hydrogen-bond donors (Lipinski definition) is 2. The molecule has 0 saturated heterocycles. The summed E-state index contributed by atoms with van der Waals surface area (Å²) in [5.41, 5.74) is 5.89. The lowest BCUT2D eigenvalue weighted by atomic mass is 9.92. The third kappa shape index (κ3) is 2.56. The molecule has 1 aliphatic rings. The van der Waals surface area contributed by atoms with E-state index in [9.17, 15) is 10.1 Å². The predicted molar refractivity (Wildman–Crippen MR) is 77.9 cm³/mol. The minimum absolute atomic E-state index is 0.0919. The van der Waals surface area contributed by atoms with Crippen molar-refractivity contribution in [2.75, 3.05) is 5.32 Å². The van der Waals surface area contributed by atoms with Gasteiger partial charge in [-0.1, -0.05) is 0 Å². The molecule has 106 valence electrons. The Labute approximate surface area is 119 Å². The zero-order valence-electron chi connectivity index (χ0n) is 10.8. The van der Waals surface area contributed by atoms with Crippen LogP contribution in [-0.4, -0.2) is 27.0 Å². The predicted octanol–water partition coefficient (Wildman–Crippen LogP) is 2.28. The van der Waals surface area contributed by atoms with Gasteiger partial charge in [-0.05, 0) is 37.0 Å². The lowest BCUT2D eigenvalue weighted by Gasteiger charge is -2.27. The molecule has 1 saturated carbocycles. The van der Waals surface area contributed by atoms with E-state index in [0.717, 1.165) is 42.4 Å². The summed E-state index contributed by atoms with van der Waals surface area (Å²) in [6.07, 6.45) is 5.43. The molecule has 1 fully saturated rings. The summed E-state index contributed by atoms with van der Waals surface area (Å²) in [5, 5.41) is 15.0. The van der Waals surface area contributed by atoms with Gasteiger partial charge in [0, 0.05) is 18.2 Å². The number of aromatic nitrogens is 2. The van der Waals surface area contributed by atoms with Gasteiger partial charge < -0.3 is 11.1 Å². The maximum atomic E-state index is 10.8. The molecular formula is C12H15N5O2S. The van der Waals surface area contributed by atoms with Crippen LogP contribution < -0.4 is 11.1 Å². The van der Waals surface area contributed by atoms with Crippen molar-refractivity contribution in [3.63, 3.8) is 0 Å². The Morgan fingerprint density at radius 3 is 2.80 bits per heavy atom. The molecule has 0 amide bonds. The zero-order chi connectivity index (χ0) is 14.1. The van der Waals surface area contributed by atoms with E-state index in [0.29, 0.717) is 22.7 Å². The average molecular weight is 293 g/mol. The fourth-order valence-corrected chi connectivity index (χ4v) is 3.32. The van der Waals surface area contributed by atoms with Crippen molar-refractivity contribution < 1.29 is 4.92 Å². The molecule has 0 spiro atoms. The fraction of sp³-hybridized carbons (Fsp3) is 0.500. The van der Waals surface area contributed by atoms with Crippen molar-refractivity contribution in [2.24, 2.45) is 5.73 Å². The second-order valence-electron chi connectivity index (χ2n) is 5.04. The van der Waals surface area contributed by atoms with Crippen molar-refractivity contribution >= 4 is 32.4 Å². The topological polar surface area (TPSA) is 107 Å². The van der Waals surface area contributed by atoms with Gasteiger partial charge in [0.25, 0.3) is 0 Å². The Morgan fingerprint density at radius 1 is 1.35 bits per heavy atom. The van der Waals surface area contributed by atoms with Crippen LogP contribution in [0.1, 0.15) is 25.7 Å². The van der Waals surface area contributed by atoms with Gasteiger partial charge in [-0.2, -0.15) is 0 Å². The summed E-state index contributed by atoms with van der Waals surface area (Å²) in [4.78, 5) is 19.4. The first-order valence-electron chi connectivity index (χ1n) is 6.54. The third-order valence-electron chi connectivity index (χ3n) is 3.61. The molecule has 3 rings (SSSR count). The van der Waals surface area contributed by atoms with Crippen LogP contribution in [0.25, 0.3) is 10.2 Å². The number of nitrogens with one attached hydrogen (secondary N) is 1. The average Bonchev–Trinajstić information content (AvgIpc) is 2.87. The monoisotopic (exact) mass is 293 g/mol. The largest absolute Gasteiger partial charge is 0.367 e. The molecule has 0 unspecified atom stereocenters. The highest BCUT2D eigenvalue weighted by atomic mass is 32.1. The maximum Gasteiger partial charge on any atom is 0.326 e. The first kappa shape index (κ1) is 13.2. The van der Waals surface area contributed by atoms with Crippen LogP contribution in [-0.2, 0) is 0 Å². The quantitative estimate of drug-likeness (QED) is 0.664. The Balaban J connectivity index is 1.85. The summed E-state index contributed by atoms with van der Waals surface area (Å²) in [5.74, 6) is 0.680. The lowest BCUT2D eigenvalue weighted by molar-refractivity contribution is -0.380. The minimum atomic E-state index is -0.393. The van der Waals surface area contributed by atoms with Gasteiger partial charge in [-0.3, -0.25) is 10.1 Å². The van der Waals surface area contributed by atoms with Gasteiger partial charge in [0.2, 0.25) is 0 Å². The summed E-state index contributed by atoms with van der Waals surface area (Å²) < 4.78 is 0. The van der Waals surface area contributed by atoms with E-state index in [2.05, 4.69) is 15.3 Å². The lowest BCUT2D eigenvalue weighted by Crippen LogP contribution is -2.33. The van der Waals surface area contributed by atoms with Crippen molar-refractivity contribution in [3.05, 3.63) is 22.5 Å². The van der Waals surface area contributed by atoms with Gasteiger partial charge in [-0.25, -0.2) is 9.97 Å². The van der Waals surface area contributed by atoms with E-state index in [1.165, 1.54) is 12.4 Å². The molecule has 3 N–H and O–H groups in total. The summed E-state index contributed by atoms with van der Waals surface area (Å²) >= 11 is 1.07. The Hall–Kier alpha value is -1.80. The Morgan fingerprint density at radius 2 is 2.10 bits per heavy atom. The number of hydrogen-bond acceptors (Lipinski definition) is 7.